The molecule has 0 heterocycles. The smallest absolute Gasteiger partial charge is 0.251 e. The third-order valence-electron chi connectivity index (χ3n) is 3.51. The molecule has 110 valence electrons. The first kappa shape index (κ1) is 14.9. The second-order valence-electron chi connectivity index (χ2n) is 5.46. The zero-order valence-corrected chi connectivity index (χ0v) is 12.0. The van der Waals surface area contributed by atoms with E-state index < -0.39 is 6.10 Å². The van der Waals surface area contributed by atoms with E-state index in [4.69, 9.17) is 4.74 Å². The molecule has 0 bridgehead atoms. The van der Waals surface area contributed by atoms with Gasteiger partial charge in [0, 0.05) is 12.1 Å². The lowest BCUT2D eigenvalue weighted by Crippen LogP contribution is -2.30. The van der Waals surface area contributed by atoms with Gasteiger partial charge in [-0.3, -0.25) is 4.79 Å². The fourth-order valence-electron chi connectivity index (χ4n) is 2.43. The van der Waals surface area contributed by atoms with Gasteiger partial charge in [-0.15, -0.1) is 0 Å². The Morgan fingerprint density at radius 1 is 1.40 bits per heavy atom. The van der Waals surface area contributed by atoms with E-state index in [0.717, 1.165) is 18.6 Å². The minimum Gasteiger partial charge on any atom is -0.490 e. The number of amides is 1. The molecular weight excluding hydrogens is 254 g/mol. The average Bonchev–Trinajstić information content (AvgIpc) is 2.46. The Kier molecular flexibility index (Phi) is 5.41. The number of hydrogen-bond acceptors (Lipinski definition) is 3. The van der Waals surface area contributed by atoms with E-state index in [-0.39, 0.29) is 18.6 Å². The van der Waals surface area contributed by atoms with Crippen LogP contribution in [0.4, 0.5) is 0 Å². The summed E-state index contributed by atoms with van der Waals surface area (Å²) in [5.74, 6) is 0.571. The lowest BCUT2D eigenvalue weighted by Gasteiger charge is -2.23. The van der Waals surface area contributed by atoms with E-state index in [2.05, 4.69) is 5.32 Å². The van der Waals surface area contributed by atoms with Crippen molar-refractivity contribution in [3.8, 4) is 5.75 Å². The molecule has 1 aromatic carbocycles. The molecule has 1 amide bonds. The molecule has 4 nitrogen and oxygen atoms in total. The summed E-state index contributed by atoms with van der Waals surface area (Å²) in [6.45, 7) is 1.90. The largest absolute Gasteiger partial charge is 0.490 e. The van der Waals surface area contributed by atoms with Crippen LogP contribution < -0.4 is 10.1 Å². The van der Waals surface area contributed by atoms with Gasteiger partial charge in [0.05, 0.1) is 12.2 Å². The van der Waals surface area contributed by atoms with Gasteiger partial charge in [0.25, 0.3) is 5.91 Å². The first-order valence-electron chi connectivity index (χ1n) is 7.38. The van der Waals surface area contributed by atoms with Gasteiger partial charge in [-0.1, -0.05) is 12.5 Å². The second kappa shape index (κ2) is 7.29. The van der Waals surface area contributed by atoms with Gasteiger partial charge in [-0.2, -0.15) is 0 Å². The van der Waals surface area contributed by atoms with Crippen molar-refractivity contribution in [2.24, 2.45) is 0 Å². The fraction of sp³-hybridized carbons (Fsp3) is 0.562. The maximum atomic E-state index is 11.9. The maximum Gasteiger partial charge on any atom is 0.251 e. The van der Waals surface area contributed by atoms with Crippen molar-refractivity contribution in [2.75, 3.05) is 6.54 Å². The third-order valence-corrected chi connectivity index (χ3v) is 3.51. The summed E-state index contributed by atoms with van der Waals surface area (Å²) in [7, 11) is 0. The van der Waals surface area contributed by atoms with Crippen LogP contribution in [0.25, 0.3) is 0 Å². The van der Waals surface area contributed by atoms with Crippen molar-refractivity contribution in [3.63, 3.8) is 0 Å². The Labute approximate surface area is 120 Å². The van der Waals surface area contributed by atoms with Crippen LogP contribution in [0.15, 0.2) is 24.3 Å². The summed E-state index contributed by atoms with van der Waals surface area (Å²) in [5, 5.41) is 11.9. The van der Waals surface area contributed by atoms with Crippen LogP contribution >= 0.6 is 0 Å². The van der Waals surface area contributed by atoms with Gasteiger partial charge in [0.1, 0.15) is 5.75 Å². The number of carbonyl (C=O) groups excluding carboxylic acids is 1. The zero-order valence-electron chi connectivity index (χ0n) is 12.0. The summed E-state index contributed by atoms with van der Waals surface area (Å²) in [6.07, 6.45) is 5.66. The fourth-order valence-corrected chi connectivity index (χ4v) is 2.43. The highest BCUT2D eigenvalue weighted by molar-refractivity contribution is 5.94. The molecule has 2 N–H and O–H groups in total. The topological polar surface area (TPSA) is 58.6 Å². The highest BCUT2D eigenvalue weighted by Crippen LogP contribution is 2.23. The maximum absolute atomic E-state index is 11.9. The second-order valence-corrected chi connectivity index (χ2v) is 5.46. The van der Waals surface area contributed by atoms with Gasteiger partial charge < -0.3 is 15.2 Å². The highest BCUT2D eigenvalue weighted by atomic mass is 16.5. The number of aliphatic hydroxyl groups excluding tert-OH is 1. The van der Waals surface area contributed by atoms with E-state index in [1.54, 1.807) is 19.1 Å². The lowest BCUT2D eigenvalue weighted by atomic mass is 9.98. The van der Waals surface area contributed by atoms with E-state index in [0.29, 0.717) is 5.56 Å². The third kappa shape index (κ3) is 4.53. The molecule has 1 fully saturated rings. The molecule has 2 rings (SSSR count). The molecule has 1 aromatic rings. The Bertz CT molecular complexity index is 439. The van der Waals surface area contributed by atoms with E-state index in [9.17, 15) is 9.90 Å². The molecule has 0 radical (unpaired) electrons. The normalized spacial score (nSPS) is 17.5. The van der Waals surface area contributed by atoms with Crippen molar-refractivity contribution in [1.29, 1.82) is 0 Å². The van der Waals surface area contributed by atoms with Crippen LogP contribution in [-0.2, 0) is 0 Å². The van der Waals surface area contributed by atoms with Crippen LogP contribution in [0.2, 0.25) is 0 Å². The first-order valence-corrected chi connectivity index (χ1v) is 7.38. The predicted molar refractivity (Wildman–Crippen MR) is 78.0 cm³/mol. The van der Waals surface area contributed by atoms with E-state index in [1.807, 2.05) is 12.1 Å². The number of aliphatic hydroxyl groups is 1. The van der Waals surface area contributed by atoms with Crippen LogP contribution in [-0.4, -0.2) is 29.8 Å². The number of nitrogens with one attached hydrogen (secondary N) is 1. The minimum absolute atomic E-state index is 0.181. The Hall–Kier alpha value is -1.55. The predicted octanol–water partition coefficient (Wildman–Crippen LogP) is 2.51. The Morgan fingerprint density at radius 3 is 2.85 bits per heavy atom. The SMILES string of the molecule is CC(O)CNC(=O)c1cccc(OC2CCCCC2)c1. The van der Waals surface area contributed by atoms with Gasteiger partial charge in [0.2, 0.25) is 0 Å². The van der Waals surface area contributed by atoms with Gasteiger partial charge in [0.15, 0.2) is 0 Å². The first-order chi connectivity index (χ1) is 9.65. The van der Waals surface area contributed by atoms with E-state index >= 15 is 0 Å². The van der Waals surface area contributed by atoms with Gasteiger partial charge in [-0.05, 0) is 50.8 Å². The Morgan fingerprint density at radius 2 is 2.15 bits per heavy atom. The van der Waals surface area contributed by atoms with Crippen molar-refractivity contribution >= 4 is 5.91 Å². The molecule has 1 unspecified atom stereocenters. The molecule has 4 heteroatoms. The number of hydrogen-bond donors (Lipinski definition) is 2. The molecular formula is C16H23NO3. The standard InChI is InChI=1S/C16H23NO3/c1-12(18)11-17-16(19)13-6-5-9-15(10-13)20-14-7-3-2-4-8-14/h5-6,9-10,12,14,18H,2-4,7-8,11H2,1H3,(H,17,19). The van der Waals surface area contributed by atoms with Crippen molar-refractivity contribution < 1.29 is 14.6 Å². The summed E-state index contributed by atoms with van der Waals surface area (Å²) >= 11 is 0. The quantitative estimate of drug-likeness (QED) is 0.869. The summed E-state index contributed by atoms with van der Waals surface area (Å²) < 4.78 is 5.94. The molecule has 20 heavy (non-hydrogen) atoms. The lowest BCUT2D eigenvalue weighted by molar-refractivity contribution is 0.0922. The molecule has 0 saturated heterocycles. The van der Waals surface area contributed by atoms with Crippen molar-refractivity contribution in [2.45, 2.75) is 51.2 Å². The summed E-state index contributed by atoms with van der Waals surface area (Å²) in [4.78, 5) is 11.9. The molecule has 1 saturated carbocycles. The van der Waals surface area contributed by atoms with Crippen LogP contribution in [0.5, 0.6) is 5.75 Å². The monoisotopic (exact) mass is 277 g/mol. The molecule has 1 aliphatic rings. The molecule has 0 aromatic heterocycles. The molecule has 0 aliphatic heterocycles. The minimum atomic E-state index is -0.541. The Balaban J connectivity index is 1.94. The molecule has 1 atom stereocenters. The van der Waals surface area contributed by atoms with Crippen LogP contribution in [0, 0.1) is 0 Å². The van der Waals surface area contributed by atoms with Gasteiger partial charge >= 0.3 is 0 Å². The van der Waals surface area contributed by atoms with E-state index in [1.165, 1.54) is 19.3 Å². The zero-order chi connectivity index (χ0) is 14.4. The van der Waals surface area contributed by atoms with Crippen molar-refractivity contribution in [3.05, 3.63) is 29.8 Å². The summed E-state index contributed by atoms with van der Waals surface area (Å²) in [6, 6.07) is 7.24. The van der Waals surface area contributed by atoms with Gasteiger partial charge in [-0.25, -0.2) is 0 Å². The summed E-state index contributed by atoms with van der Waals surface area (Å²) in [5.41, 5.74) is 0.568. The highest BCUT2D eigenvalue weighted by Gasteiger charge is 2.15. The molecule has 0 spiro atoms. The van der Waals surface area contributed by atoms with Crippen LogP contribution in [0.1, 0.15) is 49.4 Å². The number of rotatable bonds is 5. The molecule has 1 aliphatic carbocycles. The number of benzene rings is 1. The number of ether oxygens (including phenoxy) is 1. The number of carbonyl (C=O) groups is 1. The van der Waals surface area contributed by atoms with Crippen LogP contribution in [0.3, 0.4) is 0 Å². The average molecular weight is 277 g/mol. The van der Waals surface area contributed by atoms with Crippen molar-refractivity contribution in [1.82, 2.24) is 5.32 Å².